The average Bonchev–Trinajstić information content (AvgIpc) is 2.64. The lowest BCUT2D eigenvalue weighted by Crippen LogP contribution is -2.28. The molecule has 96 valence electrons. The number of rotatable bonds is 3. The molecule has 1 aliphatic carbocycles. The van der Waals surface area contributed by atoms with Crippen molar-refractivity contribution >= 4 is 5.65 Å². The second kappa shape index (κ2) is 5.48. The van der Waals surface area contributed by atoms with E-state index in [0.717, 1.165) is 18.0 Å². The molecule has 2 aromatic heterocycles. The number of nitrogens with one attached hydrogen (secondary N) is 1. The van der Waals surface area contributed by atoms with Gasteiger partial charge >= 0.3 is 0 Å². The summed E-state index contributed by atoms with van der Waals surface area (Å²) in [5, 5.41) is 12.1. The molecular formula is C14H20N4. The smallest absolute Gasteiger partial charge is 0.160 e. The quantitative estimate of drug-likeness (QED) is 0.844. The SMILES string of the molecule is c1ccn2c(CNC3CCCCCC3)nnc2c1. The minimum absolute atomic E-state index is 0.656. The van der Waals surface area contributed by atoms with Gasteiger partial charge in [0.05, 0.1) is 6.54 Å². The van der Waals surface area contributed by atoms with Crippen LogP contribution in [0.4, 0.5) is 0 Å². The zero-order chi connectivity index (χ0) is 12.2. The second-order valence-corrected chi connectivity index (χ2v) is 5.11. The van der Waals surface area contributed by atoms with Gasteiger partial charge in [-0.15, -0.1) is 10.2 Å². The monoisotopic (exact) mass is 244 g/mol. The molecule has 0 atom stereocenters. The second-order valence-electron chi connectivity index (χ2n) is 5.11. The van der Waals surface area contributed by atoms with Crippen molar-refractivity contribution in [1.82, 2.24) is 19.9 Å². The van der Waals surface area contributed by atoms with Gasteiger partial charge in [0.15, 0.2) is 11.5 Å². The largest absolute Gasteiger partial charge is 0.307 e. The Hall–Kier alpha value is -1.42. The van der Waals surface area contributed by atoms with E-state index >= 15 is 0 Å². The Morgan fingerprint density at radius 2 is 1.94 bits per heavy atom. The highest BCUT2D eigenvalue weighted by atomic mass is 15.3. The molecule has 0 spiro atoms. The van der Waals surface area contributed by atoms with Crippen LogP contribution in [0.2, 0.25) is 0 Å². The molecule has 4 heteroatoms. The van der Waals surface area contributed by atoms with Crippen molar-refractivity contribution in [2.75, 3.05) is 0 Å². The lowest BCUT2D eigenvalue weighted by Gasteiger charge is -2.15. The maximum Gasteiger partial charge on any atom is 0.160 e. The van der Waals surface area contributed by atoms with Crippen molar-refractivity contribution in [1.29, 1.82) is 0 Å². The van der Waals surface area contributed by atoms with E-state index in [2.05, 4.69) is 19.9 Å². The maximum absolute atomic E-state index is 4.25. The molecule has 1 aliphatic rings. The maximum atomic E-state index is 4.25. The molecule has 0 saturated heterocycles. The van der Waals surface area contributed by atoms with Crippen LogP contribution in [0.15, 0.2) is 24.4 Å². The highest BCUT2D eigenvalue weighted by molar-refractivity contribution is 5.36. The van der Waals surface area contributed by atoms with Gasteiger partial charge in [0.1, 0.15) is 0 Å². The standard InChI is InChI=1S/C14H20N4/c1-2-4-8-12(7-3-1)15-11-14-17-16-13-9-5-6-10-18(13)14/h5-6,9-10,12,15H,1-4,7-8,11H2. The summed E-state index contributed by atoms with van der Waals surface area (Å²) in [6.07, 6.45) is 10.1. The fraction of sp³-hybridized carbons (Fsp3) is 0.571. The molecule has 0 aliphatic heterocycles. The Morgan fingerprint density at radius 3 is 2.78 bits per heavy atom. The molecule has 0 radical (unpaired) electrons. The van der Waals surface area contributed by atoms with Crippen molar-refractivity contribution in [3.05, 3.63) is 30.2 Å². The Bertz CT molecular complexity index is 497. The van der Waals surface area contributed by atoms with Gasteiger partial charge in [-0.1, -0.05) is 31.7 Å². The van der Waals surface area contributed by atoms with Crippen molar-refractivity contribution in [3.63, 3.8) is 0 Å². The van der Waals surface area contributed by atoms with E-state index in [1.807, 2.05) is 24.4 Å². The van der Waals surface area contributed by atoms with Gasteiger partial charge in [-0.25, -0.2) is 0 Å². The molecule has 2 heterocycles. The van der Waals surface area contributed by atoms with E-state index in [-0.39, 0.29) is 0 Å². The van der Waals surface area contributed by atoms with Gasteiger partial charge in [-0.05, 0) is 25.0 Å². The lowest BCUT2D eigenvalue weighted by atomic mass is 10.1. The third-order valence-corrected chi connectivity index (χ3v) is 3.79. The third kappa shape index (κ3) is 2.53. The summed E-state index contributed by atoms with van der Waals surface area (Å²) in [5.41, 5.74) is 0.926. The molecule has 1 N–H and O–H groups in total. The van der Waals surface area contributed by atoms with Gasteiger partial charge in [0.2, 0.25) is 0 Å². The van der Waals surface area contributed by atoms with Crippen LogP contribution in [0.3, 0.4) is 0 Å². The number of hydrogen-bond acceptors (Lipinski definition) is 3. The molecule has 0 bridgehead atoms. The van der Waals surface area contributed by atoms with E-state index in [4.69, 9.17) is 0 Å². The number of aromatic nitrogens is 3. The van der Waals surface area contributed by atoms with E-state index in [9.17, 15) is 0 Å². The van der Waals surface area contributed by atoms with Crippen LogP contribution in [0.1, 0.15) is 44.3 Å². The molecule has 4 nitrogen and oxygen atoms in total. The minimum Gasteiger partial charge on any atom is -0.307 e. The highest BCUT2D eigenvalue weighted by Gasteiger charge is 2.12. The topological polar surface area (TPSA) is 42.2 Å². The summed E-state index contributed by atoms with van der Waals surface area (Å²) in [5.74, 6) is 1.01. The first-order valence-electron chi connectivity index (χ1n) is 6.95. The van der Waals surface area contributed by atoms with Crippen LogP contribution < -0.4 is 5.32 Å². The number of pyridine rings is 1. The van der Waals surface area contributed by atoms with Crippen LogP contribution in [0.5, 0.6) is 0 Å². The zero-order valence-electron chi connectivity index (χ0n) is 10.7. The zero-order valence-corrected chi connectivity index (χ0v) is 10.7. The summed E-state index contributed by atoms with van der Waals surface area (Å²) < 4.78 is 2.06. The molecular weight excluding hydrogens is 224 g/mol. The fourth-order valence-corrected chi connectivity index (χ4v) is 2.73. The minimum atomic E-state index is 0.656. The average molecular weight is 244 g/mol. The van der Waals surface area contributed by atoms with Crippen LogP contribution in [-0.2, 0) is 6.54 Å². The van der Waals surface area contributed by atoms with E-state index < -0.39 is 0 Å². The molecule has 0 unspecified atom stereocenters. The highest BCUT2D eigenvalue weighted by Crippen LogP contribution is 2.17. The Balaban J connectivity index is 1.65. The van der Waals surface area contributed by atoms with Gasteiger partial charge in [0.25, 0.3) is 0 Å². The first kappa shape index (κ1) is 11.7. The van der Waals surface area contributed by atoms with E-state index in [0.29, 0.717) is 6.04 Å². The van der Waals surface area contributed by atoms with Crippen molar-refractivity contribution in [2.45, 2.75) is 51.1 Å². The van der Waals surface area contributed by atoms with Gasteiger partial charge in [-0.3, -0.25) is 4.40 Å². The Kier molecular flexibility index (Phi) is 3.55. The summed E-state index contributed by atoms with van der Waals surface area (Å²) in [7, 11) is 0. The number of nitrogens with zero attached hydrogens (tertiary/aromatic N) is 3. The molecule has 1 saturated carbocycles. The summed E-state index contributed by atoms with van der Waals surface area (Å²) >= 11 is 0. The lowest BCUT2D eigenvalue weighted by molar-refractivity contribution is 0.451. The third-order valence-electron chi connectivity index (χ3n) is 3.79. The van der Waals surface area contributed by atoms with Crippen LogP contribution in [-0.4, -0.2) is 20.6 Å². The van der Waals surface area contributed by atoms with E-state index in [1.54, 1.807) is 0 Å². The number of hydrogen-bond donors (Lipinski definition) is 1. The first-order valence-corrected chi connectivity index (χ1v) is 6.95. The normalized spacial score (nSPS) is 18.0. The molecule has 1 fully saturated rings. The summed E-state index contributed by atoms with van der Waals surface area (Å²) in [6, 6.07) is 6.66. The molecule has 18 heavy (non-hydrogen) atoms. The van der Waals surface area contributed by atoms with Crippen LogP contribution in [0.25, 0.3) is 5.65 Å². The predicted molar refractivity (Wildman–Crippen MR) is 71.3 cm³/mol. The summed E-state index contributed by atoms with van der Waals surface area (Å²) in [4.78, 5) is 0. The van der Waals surface area contributed by atoms with Gasteiger partial charge < -0.3 is 5.32 Å². The van der Waals surface area contributed by atoms with Crippen molar-refractivity contribution in [3.8, 4) is 0 Å². The van der Waals surface area contributed by atoms with Crippen molar-refractivity contribution in [2.24, 2.45) is 0 Å². The van der Waals surface area contributed by atoms with Crippen LogP contribution >= 0.6 is 0 Å². The fourth-order valence-electron chi connectivity index (χ4n) is 2.73. The molecule has 3 rings (SSSR count). The van der Waals surface area contributed by atoms with Crippen LogP contribution in [0, 0.1) is 0 Å². The summed E-state index contributed by atoms with van der Waals surface area (Å²) in [6.45, 7) is 0.815. The van der Waals surface area contributed by atoms with Gasteiger partial charge in [-0.2, -0.15) is 0 Å². The Labute approximate surface area is 107 Å². The van der Waals surface area contributed by atoms with Gasteiger partial charge in [0, 0.05) is 12.2 Å². The Morgan fingerprint density at radius 1 is 1.11 bits per heavy atom. The molecule has 2 aromatic rings. The molecule has 0 aromatic carbocycles. The van der Waals surface area contributed by atoms with E-state index in [1.165, 1.54) is 38.5 Å². The predicted octanol–water partition coefficient (Wildman–Crippen LogP) is 2.54. The molecule has 0 amide bonds. The first-order chi connectivity index (χ1) is 8.93. The number of fused-ring (bicyclic) bond motifs is 1. The van der Waals surface area contributed by atoms with Crippen molar-refractivity contribution < 1.29 is 0 Å².